The van der Waals surface area contributed by atoms with E-state index in [0.29, 0.717) is 18.0 Å². The van der Waals surface area contributed by atoms with E-state index in [1.807, 2.05) is 6.20 Å². The van der Waals surface area contributed by atoms with Crippen molar-refractivity contribution in [3.8, 4) is 0 Å². The molecule has 3 nitrogen and oxygen atoms in total. The molecule has 1 fully saturated rings. The van der Waals surface area contributed by atoms with Crippen molar-refractivity contribution in [2.24, 2.45) is 5.92 Å². The fourth-order valence-electron chi connectivity index (χ4n) is 3.04. The van der Waals surface area contributed by atoms with Gasteiger partial charge >= 0.3 is 0 Å². The summed E-state index contributed by atoms with van der Waals surface area (Å²) in [6, 6.07) is 5.41. The highest BCUT2D eigenvalue weighted by Gasteiger charge is 2.27. The molecule has 0 radical (unpaired) electrons. The van der Waals surface area contributed by atoms with Crippen molar-refractivity contribution >= 4 is 5.69 Å². The Morgan fingerprint density at radius 1 is 1.37 bits per heavy atom. The van der Waals surface area contributed by atoms with Crippen LogP contribution >= 0.6 is 0 Å². The van der Waals surface area contributed by atoms with Gasteiger partial charge in [-0.15, -0.1) is 0 Å². The standard InChI is InChI=1S/C16H27N3/c1-5-17-13(4)15-9-8-14(11-18-15)19-10-6-7-16(19)12(2)3/h8-9,11-13,16-17H,5-7,10H2,1-4H3. The van der Waals surface area contributed by atoms with Crippen LogP contribution in [0.3, 0.4) is 0 Å². The van der Waals surface area contributed by atoms with Crippen molar-refractivity contribution in [3.05, 3.63) is 24.0 Å². The first-order chi connectivity index (χ1) is 9.13. The summed E-state index contributed by atoms with van der Waals surface area (Å²) in [6.07, 6.45) is 4.66. The van der Waals surface area contributed by atoms with Crippen molar-refractivity contribution in [3.63, 3.8) is 0 Å². The second kappa shape index (κ2) is 6.38. The van der Waals surface area contributed by atoms with Gasteiger partial charge < -0.3 is 10.2 Å². The average Bonchev–Trinajstić information content (AvgIpc) is 2.88. The molecule has 0 aromatic carbocycles. The summed E-state index contributed by atoms with van der Waals surface area (Å²) in [5.74, 6) is 0.711. The molecule has 2 atom stereocenters. The van der Waals surface area contributed by atoms with Gasteiger partial charge in [-0.3, -0.25) is 4.98 Å². The third kappa shape index (κ3) is 3.27. The molecule has 3 heteroatoms. The Morgan fingerprint density at radius 2 is 2.16 bits per heavy atom. The van der Waals surface area contributed by atoms with Crippen LogP contribution in [0, 0.1) is 5.92 Å². The van der Waals surface area contributed by atoms with E-state index >= 15 is 0 Å². The lowest BCUT2D eigenvalue weighted by Gasteiger charge is -2.29. The van der Waals surface area contributed by atoms with Gasteiger partial charge in [-0.1, -0.05) is 20.8 Å². The maximum Gasteiger partial charge on any atom is 0.0572 e. The summed E-state index contributed by atoms with van der Waals surface area (Å²) in [5.41, 5.74) is 2.41. The minimum absolute atomic E-state index is 0.332. The van der Waals surface area contributed by atoms with Crippen LogP contribution in [0.25, 0.3) is 0 Å². The van der Waals surface area contributed by atoms with Crippen LogP contribution < -0.4 is 10.2 Å². The van der Waals surface area contributed by atoms with Crippen molar-refractivity contribution in [2.45, 2.75) is 52.6 Å². The molecular weight excluding hydrogens is 234 g/mol. The smallest absolute Gasteiger partial charge is 0.0572 e. The number of anilines is 1. The van der Waals surface area contributed by atoms with E-state index in [-0.39, 0.29) is 0 Å². The number of hydrogen-bond acceptors (Lipinski definition) is 3. The summed E-state index contributed by atoms with van der Waals surface area (Å²) in [7, 11) is 0. The first kappa shape index (κ1) is 14.3. The average molecular weight is 261 g/mol. The van der Waals surface area contributed by atoms with Crippen molar-refractivity contribution < 1.29 is 0 Å². The molecule has 0 spiro atoms. The molecule has 1 aliphatic heterocycles. The van der Waals surface area contributed by atoms with Gasteiger partial charge in [-0.25, -0.2) is 0 Å². The Morgan fingerprint density at radius 3 is 2.74 bits per heavy atom. The number of pyridine rings is 1. The first-order valence-electron chi connectivity index (χ1n) is 7.59. The monoisotopic (exact) mass is 261 g/mol. The van der Waals surface area contributed by atoms with Gasteiger partial charge in [-0.2, -0.15) is 0 Å². The van der Waals surface area contributed by atoms with E-state index in [9.17, 15) is 0 Å². The maximum atomic E-state index is 4.63. The number of nitrogens with one attached hydrogen (secondary N) is 1. The molecule has 2 unspecified atom stereocenters. The third-order valence-corrected chi connectivity index (χ3v) is 4.13. The largest absolute Gasteiger partial charge is 0.367 e. The van der Waals surface area contributed by atoms with E-state index in [0.717, 1.165) is 12.2 Å². The van der Waals surface area contributed by atoms with Crippen LogP contribution in [0.1, 0.15) is 52.3 Å². The molecule has 106 valence electrons. The van der Waals surface area contributed by atoms with E-state index in [1.54, 1.807) is 0 Å². The van der Waals surface area contributed by atoms with Crippen LogP contribution in [-0.2, 0) is 0 Å². The summed E-state index contributed by atoms with van der Waals surface area (Å²) in [6.45, 7) is 11.1. The van der Waals surface area contributed by atoms with Crippen molar-refractivity contribution in [1.29, 1.82) is 0 Å². The quantitative estimate of drug-likeness (QED) is 0.880. The van der Waals surface area contributed by atoms with Crippen LogP contribution in [0.2, 0.25) is 0 Å². The Kier molecular flexibility index (Phi) is 4.81. The lowest BCUT2D eigenvalue weighted by atomic mass is 10.0. The molecule has 1 aromatic rings. The van der Waals surface area contributed by atoms with Gasteiger partial charge in [-0.05, 0) is 44.4 Å². The molecule has 2 heterocycles. The predicted octanol–water partition coefficient (Wildman–Crippen LogP) is 3.38. The summed E-state index contributed by atoms with van der Waals surface area (Å²) in [5, 5.41) is 3.40. The van der Waals surface area contributed by atoms with Crippen LogP contribution in [0.5, 0.6) is 0 Å². The molecule has 1 aliphatic rings. The molecular formula is C16H27N3. The fraction of sp³-hybridized carbons (Fsp3) is 0.688. The van der Waals surface area contributed by atoms with Crippen molar-refractivity contribution in [2.75, 3.05) is 18.0 Å². The summed E-state index contributed by atoms with van der Waals surface area (Å²) < 4.78 is 0. The number of aromatic nitrogens is 1. The minimum Gasteiger partial charge on any atom is -0.367 e. The number of nitrogens with zero attached hydrogens (tertiary/aromatic N) is 2. The van der Waals surface area contributed by atoms with Crippen LogP contribution in [0.15, 0.2) is 18.3 Å². The lowest BCUT2D eigenvalue weighted by molar-refractivity contribution is 0.491. The molecule has 0 aliphatic carbocycles. The molecule has 1 saturated heterocycles. The minimum atomic E-state index is 0.332. The SMILES string of the molecule is CCNC(C)c1ccc(N2CCCC2C(C)C)cn1. The van der Waals surface area contributed by atoms with Gasteiger partial charge in [0.15, 0.2) is 0 Å². The molecule has 2 rings (SSSR count). The van der Waals surface area contributed by atoms with Gasteiger partial charge in [0.25, 0.3) is 0 Å². The van der Waals surface area contributed by atoms with E-state index < -0.39 is 0 Å². The van der Waals surface area contributed by atoms with Crippen LogP contribution in [0.4, 0.5) is 5.69 Å². The molecule has 0 saturated carbocycles. The van der Waals surface area contributed by atoms with Crippen LogP contribution in [-0.4, -0.2) is 24.1 Å². The lowest BCUT2D eigenvalue weighted by Crippen LogP contribution is -2.33. The Labute approximate surface area is 117 Å². The Balaban J connectivity index is 2.09. The Hall–Kier alpha value is -1.09. The molecule has 1 N–H and O–H groups in total. The van der Waals surface area contributed by atoms with Gasteiger partial charge in [0.05, 0.1) is 17.6 Å². The molecule has 19 heavy (non-hydrogen) atoms. The van der Waals surface area contributed by atoms with E-state index in [4.69, 9.17) is 0 Å². The molecule has 0 bridgehead atoms. The summed E-state index contributed by atoms with van der Waals surface area (Å²) >= 11 is 0. The highest BCUT2D eigenvalue weighted by atomic mass is 15.2. The van der Waals surface area contributed by atoms with Gasteiger partial charge in [0, 0.05) is 18.6 Å². The molecule has 1 aromatic heterocycles. The second-order valence-corrected chi connectivity index (χ2v) is 5.87. The first-order valence-corrected chi connectivity index (χ1v) is 7.59. The predicted molar refractivity (Wildman–Crippen MR) is 81.5 cm³/mol. The third-order valence-electron chi connectivity index (χ3n) is 4.13. The Bertz CT molecular complexity index is 385. The second-order valence-electron chi connectivity index (χ2n) is 5.87. The highest BCUT2D eigenvalue weighted by molar-refractivity contribution is 5.47. The van der Waals surface area contributed by atoms with E-state index in [1.165, 1.54) is 25.1 Å². The number of rotatable bonds is 5. The topological polar surface area (TPSA) is 28.2 Å². The summed E-state index contributed by atoms with van der Waals surface area (Å²) in [4.78, 5) is 7.16. The fourth-order valence-corrected chi connectivity index (χ4v) is 3.04. The van der Waals surface area contributed by atoms with Crippen molar-refractivity contribution in [1.82, 2.24) is 10.3 Å². The molecule has 0 amide bonds. The van der Waals surface area contributed by atoms with Gasteiger partial charge in [0.1, 0.15) is 0 Å². The van der Waals surface area contributed by atoms with E-state index in [2.05, 4.69) is 55.0 Å². The highest BCUT2D eigenvalue weighted by Crippen LogP contribution is 2.29. The zero-order chi connectivity index (χ0) is 13.8. The normalized spacial score (nSPS) is 21.1. The zero-order valence-corrected chi connectivity index (χ0v) is 12.7. The zero-order valence-electron chi connectivity index (χ0n) is 12.7. The van der Waals surface area contributed by atoms with Gasteiger partial charge in [0.2, 0.25) is 0 Å². The maximum absolute atomic E-state index is 4.63. The number of hydrogen-bond donors (Lipinski definition) is 1.